The van der Waals surface area contributed by atoms with Crippen LogP contribution >= 0.6 is 0 Å². The van der Waals surface area contributed by atoms with E-state index in [2.05, 4.69) is 10.3 Å². The van der Waals surface area contributed by atoms with Crippen LogP contribution < -0.4 is 10.1 Å². The topological polar surface area (TPSA) is 64.1 Å². The molecule has 0 fully saturated rings. The highest BCUT2D eigenvalue weighted by Gasteiger charge is 2.15. The summed E-state index contributed by atoms with van der Waals surface area (Å²) in [5.74, 6) is 0.431. The van der Waals surface area contributed by atoms with Gasteiger partial charge in [-0.2, -0.15) is 0 Å². The molecule has 1 amide bonds. The van der Waals surface area contributed by atoms with E-state index in [1.807, 2.05) is 67.6 Å². The summed E-state index contributed by atoms with van der Waals surface area (Å²) in [7, 11) is 0. The van der Waals surface area contributed by atoms with Crippen LogP contribution in [0.2, 0.25) is 0 Å². The van der Waals surface area contributed by atoms with E-state index in [0.29, 0.717) is 29.3 Å². The van der Waals surface area contributed by atoms with E-state index in [9.17, 15) is 4.79 Å². The first kappa shape index (κ1) is 17.7. The van der Waals surface area contributed by atoms with Crippen LogP contribution in [0.25, 0.3) is 22.2 Å². The molecule has 0 atom stereocenters. The molecular formula is C23H19N3O2. The highest BCUT2D eigenvalue weighted by atomic mass is 16.5. The van der Waals surface area contributed by atoms with Crippen molar-refractivity contribution >= 4 is 22.5 Å². The fourth-order valence-corrected chi connectivity index (χ4v) is 3.07. The molecule has 0 unspecified atom stereocenters. The zero-order valence-electron chi connectivity index (χ0n) is 15.4. The smallest absolute Gasteiger partial charge is 0.256 e. The van der Waals surface area contributed by atoms with Crippen LogP contribution in [0.5, 0.6) is 5.75 Å². The number of amides is 1. The van der Waals surface area contributed by atoms with Crippen molar-refractivity contribution in [2.45, 2.75) is 6.92 Å². The second kappa shape index (κ2) is 7.88. The molecule has 0 radical (unpaired) electrons. The number of rotatable bonds is 5. The summed E-state index contributed by atoms with van der Waals surface area (Å²) in [6, 6.07) is 20.6. The third-order valence-corrected chi connectivity index (χ3v) is 4.35. The van der Waals surface area contributed by atoms with E-state index < -0.39 is 0 Å². The zero-order chi connectivity index (χ0) is 19.3. The lowest BCUT2D eigenvalue weighted by Crippen LogP contribution is -2.14. The number of para-hydroxylation sites is 3. The number of benzene rings is 2. The van der Waals surface area contributed by atoms with Crippen molar-refractivity contribution in [2.75, 3.05) is 11.9 Å². The van der Waals surface area contributed by atoms with Gasteiger partial charge in [0.2, 0.25) is 0 Å². The number of nitrogens with zero attached hydrogens (tertiary/aromatic N) is 2. The molecule has 138 valence electrons. The highest BCUT2D eigenvalue weighted by Crippen LogP contribution is 2.28. The molecule has 2 aromatic carbocycles. The summed E-state index contributed by atoms with van der Waals surface area (Å²) in [6.07, 6.45) is 3.45. The van der Waals surface area contributed by atoms with Gasteiger partial charge in [0, 0.05) is 23.3 Å². The van der Waals surface area contributed by atoms with Gasteiger partial charge in [-0.25, -0.2) is 4.98 Å². The van der Waals surface area contributed by atoms with Crippen molar-refractivity contribution in [1.29, 1.82) is 0 Å². The van der Waals surface area contributed by atoms with E-state index in [-0.39, 0.29) is 5.91 Å². The van der Waals surface area contributed by atoms with Gasteiger partial charge >= 0.3 is 0 Å². The Morgan fingerprint density at radius 1 is 1.04 bits per heavy atom. The molecule has 2 heterocycles. The van der Waals surface area contributed by atoms with Gasteiger partial charge in [-0.15, -0.1) is 0 Å². The second-order valence-corrected chi connectivity index (χ2v) is 6.20. The molecule has 28 heavy (non-hydrogen) atoms. The molecule has 0 spiro atoms. The third kappa shape index (κ3) is 3.55. The van der Waals surface area contributed by atoms with E-state index in [1.54, 1.807) is 18.5 Å². The summed E-state index contributed by atoms with van der Waals surface area (Å²) in [5, 5.41) is 3.77. The standard InChI is InChI=1S/C23H19N3O2/c1-2-28-22-12-6-5-11-20(22)26-23(27)18-14-21(16-8-7-13-24-15-16)25-19-10-4-3-9-17(18)19/h3-15H,2H2,1H3,(H,26,27). The largest absolute Gasteiger partial charge is 0.492 e. The van der Waals surface area contributed by atoms with Crippen molar-refractivity contribution in [3.8, 4) is 17.0 Å². The Bertz CT molecular complexity index is 1130. The van der Waals surface area contributed by atoms with E-state index in [0.717, 1.165) is 16.5 Å². The Balaban J connectivity index is 1.78. The van der Waals surface area contributed by atoms with Gasteiger partial charge in [0.1, 0.15) is 5.75 Å². The van der Waals surface area contributed by atoms with Crippen molar-refractivity contribution < 1.29 is 9.53 Å². The minimum absolute atomic E-state index is 0.212. The molecule has 0 saturated heterocycles. The molecule has 5 heteroatoms. The van der Waals surface area contributed by atoms with Crippen molar-refractivity contribution in [1.82, 2.24) is 9.97 Å². The Morgan fingerprint density at radius 2 is 1.86 bits per heavy atom. The summed E-state index contributed by atoms with van der Waals surface area (Å²) >= 11 is 0. The highest BCUT2D eigenvalue weighted by molar-refractivity contribution is 6.13. The van der Waals surface area contributed by atoms with Crippen LogP contribution in [0, 0.1) is 0 Å². The lowest BCUT2D eigenvalue weighted by molar-refractivity contribution is 0.102. The maximum Gasteiger partial charge on any atom is 0.256 e. The van der Waals surface area contributed by atoms with Crippen LogP contribution in [-0.2, 0) is 0 Å². The third-order valence-electron chi connectivity index (χ3n) is 4.35. The minimum Gasteiger partial charge on any atom is -0.492 e. The van der Waals surface area contributed by atoms with Crippen LogP contribution in [0.15, 0.2) is 79.1 Å². The molecule has 0 aliphatic heterocycles. The van der Waals surface area contributed by atoms with Gasteiger partial charge in [0.15, 0.2) is 0 Å². The molecule has 0 aliphatic rings. The average Bonchev–Trinajstić information content (AvgIpc) is 2.75. The van der Waals surface area contributed by atoms with Gasteiger partial charge < -0.3 is 10.1 Å². The summed E-state index contributed by atoms with van der Waals surface area (Å²) in [5.41, 5.74) is 3.51. The molecule has 4 rings (SSSR count). The van der Waals surface area contributed by atoms with Gasteiger partial charge in [-0.3, -0.25) is 9.78 Å². The van der Waals surface area contributed by atoms with Gasteiger partial charge in [-0.05, 0) is 43.3 Å². The SMILES string of the molecule is CCOc1ccccc1NC(=O)c1cc(-c2cccnc2)nc2ccccc12. The first-order valence-corrected chi connectivity index (χ1v) is 9.09. The molecule has 0 aliphatic carbocycles. The van der Waals surface area contributed by atoms with Crippen molar-refractivity contribution in [3.63, 3.8) is 0 Å². The van der Waals surface area contributed by atoms with Crippen LogP contribution in [0.1, 0.15) is 17.3 Å². The number of ether oxygens (including phenoxy) is 1. The Morgan fingerprint density at radius 3 is 2.68 bits per heavy atom. The first-order chi connectivity index (χ1) is 13.8. The molecule has 0 saturated carbocycles. The van der Waals surface area contributed by atoms with Crippen LogP contribution in [-0.4, -0.2) is 22.5 Å². The Hall–Kier alpha value is -3.73. The summed E-state index contributed by atoms with van der Waals surface area (Å²) in [4.78, 5) is 22.0. The Labute approximate surface area is 163 Å². The summed E-state index contributed by atoms with van der Waals surface area (Å²) in [6.45, 7) is 2.44. The molecule has 2 aromatic heterocycles. The number of aromatic nitrogens is 2. The first-order valence-electron chi connectivity index (χ1n) is 9.09. The van der Waals surface area contributed by atoms with Crippen molar-refractivity contribution in [3.05, 3.63) is 84.7 Å². The van der Waals surface area contributed by atoms with Crippen LogP contribution in [0.3, 0.4) is 0 Å². The van der Waals surface area contributed by atoms with E-state index in [1.165, 1.54) is 0 Å². The number of carbonyl (C=O) groups excluding carboxylic acids is 1. The normalized spacial score (nSPS) is 10.6. The maximum atomic E-state index is 13.2. The zero-order valence-corrected chi connectivity index (χ0v) is 15.4. The van der Waals surface area contributed by atoms with Gasteiger partial charge in [-0.1, -0.05) is 30.3 Å². The number of hydrogen-bond acceptors (Lipinski definition) is 4. The lowest BCUT2D eigenvalue weighted by Gasteiger charge is -2.13. The van der Waals surface area contributed by atoms with Gasteiger partial charge in [0.05, 0.1) is 29.1 Å². The minimum atomic E-state index is -0.212. The number of pyridine rings is 2. The molecule has 5 nitrogen and oxygen atoms in total. The fourth-order valence-electron chi connectivity index (χ4n) is 3.07. The van der Waals surface area contributed by atoms with E-state index in [4.69, 9.17) is 9.72 Å². The predicted octanol–water partition coefficient (Wildman–Crippen LogP) is 4.95. The number of hydrogen-bond donors (Lipinski definition) is 1. The number of nitrogens with one attached hydrogen (secondary N) is 1. The van der Waals surface area contributed by atoms with E-state index >= 15 is 0 Å². The fraction of sp³-hybridized carbons (Fsp3) is 0.0870. The second-order valence-electron chi connectivity index (χ2n) is 6.20. The lowest BCUT2D eigenvalue weighted by atomic mass is 10.0. The predicted molar refractivity (Wildman–Crippen MR) is 111 cm³/mol. The van der Waals surface area contributed by atoms with Crippen molar-refractivity contribution in [2.24, 2.45) is 0 Å². The van der Waals surface area contributed by atoms with Gasteiger partial charge in [0.25, 0.3) is 5.91 Å². The monoisotopic (exact) mass is 369 g/mol. The Kier molecular flexibility index (Phi) is 4.97. The average molecular weight is 369 g/mol. The number of carbonyl (C=O) groups is 1. The quantitative estimate of drug-likeness (QED) is 0.541. The summed E-state index contributed by atoms with van der Waals surface area (Å²) < 4.78 is 5.62. The molecular weight excluding hydrogens is 350 g/mol. The molecule has 0 bridgehead atoms. The number of fused-ring (bicyclic) bond motifs is 1. The maximum absolute atomic E-state index is 13.2. The van der Waals surface area contributed by atoms with Crippen LogP contribution in [0.4, 0.5) is 5.69 Å². The number of anilines is 1. The molecule has 4 aromatic rings. The molecule has 1 N–H and O–H groups in total.